The highest BCUT2D eigenvalue weighted by molar-refractivity contribution is 7.70. The average molecular weight is 596 g/mol. The number of benzene rings is 1. The molecule has 1 saturated heterocycles. The van der Waals surface area contributed by atoms with Crippen LogP contribution in [0.15, 0.2) is 30.5 Å². The van der Waals surface area contributed by atoms with E-state index in [9.17, 15) is 28.6 Å². The van der Waals surface area contributed by atoms with Crippen molar-refractivity contribution >= 4 is 43.6 Å². The van der Waals surface area contributed by atoms with E-state index in [-0.39, 0.29) is 22.8 Å². The van der Waals surface area contributed by atoms with Gasteiger partial charge in [-0.1, -0.05) is 12.1 Å². The number of aromatic nitrogens is 4. The molecule has 14 nitrogen and oxygen atoms in total. The summed E-state index contributed by atoms with van der Waals surface area (Å²) in [6, 6.07) is 5.95. The van der Waals surface area contributed by atoms with Gasteiger partial charge >= 0.3 is 15.2 Å². The molecule has 3 heterocycles. The number of ether oxygens (including phenoxy) is 1. The molecule has 1 aromatic carbocycles. The Bertz CT molecular complexity index is 1410. The summed E-state index contributed by atoms with van der Waals surface area (Å²) >= 11 is 6.12. The number of aliphatic hydroxyl groups is 2. The first-order valence-corrected chi connectivity index (χ1v) is 15.1. The van der Waals surface area contributed by atoms with Crippen molar-refractivity contribution in [3.05, 3.63) is 47.1 Å². The lowest BCUT2D eigenvalue weighted by Crippen LogP contribution is -2.33. The first-order chi connectivity index (χ1) is 17.7. The van der Waals surface area contributed by atoms with E-state index in [4.69, 9.17) is 30.6 Å². The van der Waals surface area contributed by atoms with Crippen LogP contribution in [0.3, 0.4) is 0 Å². The normalized spacial score (nSPS) is 24.4. The Morgan fingerprint density at radius 1 is 1.24 bits per heavy atom. The van der Waals surface area contributed by atoms with E-state index in [1.165, 1.54) is 18.3 Å². The molecule has 1 aliphatic rings. The topological polar surface area (TPSA) is 209 Å². The van der Waals surface area contributed by atoms with Crippen LogP contribution in [0, 0.1) is 5.82 Å². The van der Waals surface area contributed by atoms with E-state index in [2.05, 4.69) is 20.4 Å². The van der Waals surface area contributed by atoms with E-state index in [0.717, 1.165) is 10.2 Å². The molecule has 6 atom stereocenters. The van der Waals surface area contributed by atoms with Crippen molar-refractivity contribution in [3.63, 3.8) is 0 Å². The van der Waals surface area contributed by atoms with Crippen LogP contribution in [-0.2, 0) is 24.8 Å². The van der Waals surface area contributed by atoms with Crippen LogP contribution in [0.5, 0.6) is 0 Å². The maximum Gasteiger partial charge on any atom is 0.340 e. The fourth-order valence-corrected chi connectivity index (χ4v) is 6.76. The molecule has 4 rings (SSSR count). The molecular weight excluding hydrogens is 571 g/mol. The molecule has 18 heteroatoms. The number of rotatable bonds is 10. The average Bonchev–Trinajstić information content (AvgIpc) is 3.32. The number of nitrogens with one attached hydrogen (secondary N) is 1. The largest absolute Gasteiger partial charge is 0.387 e. The van der Waals surface area contributed by atoms with Crippen molar-refractivity contribution in [3.8, 4) is 0 Å². The van der Waals surface area contributed by atoms with Crippen molar-refractivity contribution in [1.29, 1.82) is 0 Å². The highest BCUT2D eigenvalue weighted by Crippen LogP contribution is 2.55. The first kappa shape index (κ1) is 29.0. The van der Waals surface area contributed by atoms with Gasteiger partial charge in [0.05, 0.1) is 18.2 Å². The number of aliphatic hydroxyl groups excluding tert-OH is 2. The zero-order chi connectivity index (χ0) is 27.8. The van der Waals surface area contributed by atoms with Crippen molar-refractivity contribution in [2.45, 2.75) is 43.9 Å². The van der Waals surface area contributed by atoms with Crippen LogP contribution in [0.1, 0.15) is 18.7 Å². The Balaban J connectivity index is 1.51. The number of nitrogens with zero attached hydrogens (tertiary/aromatic N) is 4. The number of anilines is 1. The molecule has 208 valence electrons. The van der Waals surface area contributed by atoms with E-state index < -0.39 is 52.2 Å². The van der Waals surface area contributed by atoms with Crippen LogP contribution in [0.2, 0.25) is 5.28 Å². The number of hydrogen-bond acceptors (Lipinski definition) is 10. The predicted molar refractivity (Wildman–Crippen MR) is 132 cm³/mol. The summed E-state index contributed by atoms with van der Waals surface area (Å²) in [5, 5.41) is 28.6. The molecule has 1 fully saturated rings. The van der Waals surface area contributed by atoms with Crippen molar-refractivity contribution in [2.75, 3.05) is 17.8 Å². The summed E-state index contributed by atoms with van der Waals surface area (Å²) in [4.78, 5) is 35.8. The SMILES string of the molecule is C[C@H](Cc1cccc(F)c1)Nc1nc(Cl)nc2c1cnn2[C@@H]1O[C@H](COP(=O)(O)CP(=O)(O)O)[C@@H](O)[C@H]1O. The van der Waals surface area contributed by atoms with Crippen LogP contribution < -0.4 is 5.32 Å². The van der Waals surface area contributed by atoms with E-state index >= 15 is 0 Å². The highest BCUT2D eigenvalue weighted by Gasteiger charge is 2.46. The second kappa shape index (κ2) is 11.2. The minimum absolute atomic E-state index is 0.137. The quantitative estimate of drug-likeness (QED) is 0.146. The second-order valence-corrected chi connectivity index (χ2v) is 13.2. The molecule has 0 saturated carbocycles. The van der Waals surface area contributed by atoms with Gasteiger partial charge < -0.3 is 39.5 Å². The van der Waals surface area contributed by atoms with Crippen molar-refractivity contribution in [1.82, 2.24) is 19.7 Å². The van der Waals surface area contributed by atoms with Gasteiger partial charge in [-0.2, -0.15) is 15.1 Å². The Morgan fingerprint density at radius 3 is 2.66 bits per heavy atom. The molecule has 0 bridgehead atoms. The summed E-state index contributed by atoms with van der Waals surface area (Å²) < 4.78 is 47.9. The van der Waals surface area contributed by atoms with Crippen LogP contribution >= 0.6 is 26.8 Å². The van der Waals surface area contributed by atoms with Gasteiger partial charge in [0.15, 0.2) is 17.8 Å². The number of halogens is 2. The summed E-state index contributed by atoms with van der Waals surface area (Å²) in [6.45, 7) is 1.11. The summed E-state index contributed by atoms with van der Waals surface area (Å²) in [5.74, 6) is -1.46. The molecule has 2 aromatic heterocycles. The molecule has 1 unspecified atom stereocenters. The van der Waals surface area contributed by atoms with Gasteiger partial charge in [0.2, 0.25) is 5.28 Å². The minimum Gasteiger partial charge on any atom is -0.387 e. The molecule has 0 amide bonds. The Labute approximate surface area is 220 Å². The fourth-order valence-electron chi connectivity index (χ4n) is 4.03. The third-order valence-electron chi connectivity index (χ3n) is 5.62. The molecule has 0 spiro atoms. The van der Waals surface area contributed by atoms with Gasteiger partial charge in [-0.15, -0.1) is 0 Å². The standard InChI is InChI=1S/C20H25ClFN5O9P2/c1-10(5-11-3-2-4-12(22)6-11)24-17-13-7-23-27(18(13)26-20(21)25-17)19-16(29)15(28)14(36-19)8-35-38(33,34)9-37(30,31)32/h2-4,6-7,10,14-16,19,28-29H,5,8-9H2,1H3,(H,33,34)(H,24,25,26)(H2,30,31,32)/t10-,14-,15-,16-,19-/m1/s1. The van der Waals surface area contributed by atoms with Crippen LogP contribution in [0.25, 0.3) is 11.0 Å². The Morgan fingerprint density at radius 2 is 1.97 bits per heavy atom. The highest BCUT2D eigenvalue weighted by atomic mass is 35.5. The van der Waals surface area contributed by atoms with E-state index in [1.54, 1.807) is 12.1 Å². The summed E-state index contributed by atoms with van der Waals surface area (Å²) in [6.07, 6.45) is -3.99. The lowest BCUT2D eigenvalue weighted by atomic mass is 10.1. The number of fused-ring (bicyclic) bond motifs is 1. The summed E-state index contributed by atoms with van der Waals surface area (Å²) in [7, 11) is -9.56. The van der Waals surface area contributed by atoms with Gasteiger partial charge in [-0.3, -0.25) is 9.13 Å². The second-order valence-electron chi connectivity index (χ2n) is 8.83. The van der Waals surface area contributed by atoms with Gasteiger partial charge in [0.1, 0.15) is 29.9 Å². The monoisotopic (exact) mass is 595 g/mol. The van der Waals surface area contributed by atoms with E-state index in [0.29, 0.717) is 17.6 Å². The first-order valence-electron chi connectivity index (χ1n) is 11.2. The third-order valence-corrected chi connectivity index (χ3v) is 9.25. The summed E-state index contributed by atoms with van der Waals surface area (Å²) in [5.41, 5.74) is 0.896. The van der Waals surface area contributed by atoms with Crippen LogP contribution in [0.4, 0.5) is 10.2 Å². The smallest absolute Gasteiger partial charge is 0.340 e. The van der Waals surface area contributed by atoms with Gasteiger partial charge in [0, 0.05) is 6.04 Å². The minimum atomic E-state index is -4.85. The molecule has 0 aliphatic carbocycles. The molecule has 38 heavy (non-hydrogen) atoms. The Hall–Kier alpha value is -2.03. The maximum absolute atomic E-state index is 13.5. The van der Waals surface area contributed by atoms with Gasteiger partial charge in [0.25, 0.3) is 0 Å². The number of hydrogen-bond donors (Lipinski definition) is 6. The molecule has 1 aliphatic heterocycles. The molecule has 3 aromatic rings. The fraction of sp³-hybridized carbons (Fsp3) is 0.450. The van der Waals surface area contributed by atoms with Crippen molar-refractivity contribution in [2.24, 2.45) is 0 Å². The van der Waals surface area contributed by atoms with Crippen molar-refractivity contribution < 1.29 is 47.7 Å². The van der Waals surface area contributed by atoms with Gasteiger partial charge in [-0.05, 0) is 42.6 Å². The zero-order valence-corrected chi connectivity index (χ0v) is 22.2. The molecule has 0 radical (unpaired) electrons. The van der Waals surface area contributed by atoms with E-state index in [1.807, 2.05) is 6.92 Å². The Kier molecular flexibility index (Phi) is 8.55. The maximum atomic E-state index is 13.5. The lowest BCUT2D eigenvalue weighted by Gasteiger charge is -2.18. The predicted octanol–water partition coefficient (Wildman–Crippen LogP) is 1.62. The van der Waals surface area contributed by atoms with Gasteiger partial charge in [-0.25, -0.2) is 9.07 Å². The third kappa shape index (κ3) is 6.93. The van der Waals surface area contributed by atoms with Crippen LogP contribution in [-0.4, -0.2) is 81.5 Å². The molecular formula is C20H25ClFN5O9P2. The zero-order valence-electron chi connectivity index (χ0n) is 19.7. The molecule has 6 N–H and O–H groups in total. The lowest BCUT2D eigenvalue weighted by molar-refractivity contribution is -0.0541.